The van der Waals surface area contributed by atoms with Gasteiger partial charge in [0.2, 0.25) is 0 Å². The molecule has 0 aromatic heterocycles. The van der Waals surface area contributed by atoms with Crippen molar-refractivity contribution in [2.45, 2.75) is 45.1 Å². The molecule has 0 aliphatic carbocycles. The quantitative estimate of drug-likeness (QED) is 0.698. The van der Waals surface area contributed by atoms with Crippen LogP contribution in [0.25, 0.3) is 0 Å². The van der Waals surface area contributed by atoms with Crippen LogP contribution in [0.1, 0.15) is 39.0 Å². The van der Waals surface area contributed by atoms with Gasteiger partial charge in [-0.1, -0.05) is 6.42 Å². The molecule has 2 atom stereocenters. The topological polar surface area (TPSA) is 47.6 Å². The van der Waals surface area contributed by atoms with Crippen LogP contribution < -0.4 is 15.5 Å². The maximum Gasteiger partial charge on any atom is 0.314 e. The zero-order chi connectivity index (χ0) is 19.9. The van der Waals surface area contributed by atoms with E-state index in [9.17, 15) is 13.6 Å². The smallest absolute Gasteiger partial charge is 0.314 e. The maximum atomic E-state index is 13.4. The van der Waals surface area contributed by atoms with Crippen molar-refractivity contribution in [1.82, 2.24) is 15.5 Å². The van der Waals surface area contributed by atoms with E-state index in [1.165, 1.54) is 31.9 Å². The third-order valence-electron chi connectivity index (χ3n) is 5.95. The van der Waals surface area contributed by atoms with E-state index in [0.29, 0.717) is 30.7 Å². The Balaban J connectivity index is 1.30. The van der Waals surface area contributed by atoms with Gasteiger partial charge in [0.1, 0.15) is 0 Å². The van der Waals surface area contributed by atoms with Crippen molar-refractivity contribution >= 4 is 11.7 Å². The molecule has 156 valence electrons. The lowest BCUT2D eigenvalue weighted by Gasteiger charge is -2.33. The fraction of sp³-hybridized carbons (Fsp3) is 0.667. The number of carbonyl (C=O) groups excluding carboxylic acids is 1. The third-order valence-corrected chi connectivity index (χ3v) is 5.95. The molecule has 5 nitrogen and oxygen atoms in total. The van der Waals surface area contributed by atoms with Gasteiger partial charge in [0.05, 0.1) is 0 Å². The van der Waals surface area contributed by atoms with E-state index in [2.05, 4.69) is 22.5 Å². The van der Waals surface area contributed by atoms with Gasteiger partial charge in [-0.15, -0.1) is 0 Å². The SMILES string of the molecule is C[C@H]1CCCCN1CCCNC(=O)NC[C@@H]1CCN(c2ccc(F)c(F)c2)C1. The van der Waals surface area contributed by atoms with Crippen molar-refractivity contribution in [3.8, 4) is 0 Å². The van der Waals surface area contributed by atoms with Crippen molar-refractivity contribution in [1.29, 1.82) is 0 Å². The number of nitrogens with one attached hydrogen (secondary N) is 2. The highest BCUT2D eigenvalue weighted by molar-refractivity contribution is 5.73. The van der Waals surface area contributed by atoms with Crippen molar-refractivity contribution in [3.05, 3.63) is 29.8 Å². The summed E-state index contributed by atoms with van der Waals surface area (Å²) in [5.41, 5.74) is 0.692. The molecular formula is C21H32F2N4O. The highest BCUT2D eigenvalue weighted by Crippen LogP contribution is 2.25. The second-order valence-electron chi connectivity index (χ2n) is 8.07. The Hall–Kier alpha value is -1.89. The molecule has 0 saturated carbocycles. The monoisotopic (exact) mass is 394 g/mol. The first-order valence-electron chi connectivity index (χ1n) is 10.5. The first-order chi connectivity index (χ1) is 13.5. The third kappa shape index (κ3) is 5.80. The molecule has 2 aliphatic heterocycles. The maximum absolute atomic E-state index is 13.4. The van der Waals surface area contributed by atoms with Crippen molar-refractivity contribution in [2.24, 2.45) is 5.92 Å². The summed E-state index contributed by atoms with van der Waals surface area (Å²) in [4.78, 5) is 16.6. The molecule has 2 N–H and O–H groups in total. The normalized spacial score (nSPS) is 23.0. The zero-order valence-electron chi connectivity index (χ0n) is 16.7. The lowest BCUT2D eigenvalue weighted by Crippen LogP contribution is -2.41. The van der Waals surface area contributed by atoms with E-state index in [4.69, 9.17) is 0 Å². The van der Waals surface area contributed by atoms with E-state index in [1.54, 1.807) is 6.07 Å². The van der Waals surface area contributed by atoms with Gasteiger partial charge in [0.25, 0.3) is 0 Å². The molecule has 2 saturated heterocycles. The summed E-state index contributed by atoms with van der Waals surface area (Å²) >= 11 is 0. The van der Waals surface area contributed by atoms with E-state index in [-0.39, 0.29) is 6.03 Å². The summed E-state index contributed by atoms with van der Waals surface area (Å²) < 4.78 is 26.5. The summed E-state index contributed by atoms with van der Waals surface area (Å²) in [6, 6.07) is 4.53. The Labute approximate surface area is 166 Å². The number of halogens is 2. The largest absolute Gasteiger partial charge is 0.371 e. The van der Waals surface area contributed by atoms with Gasteiger partial charge in [-0.2, -0.15) is 0 Å². The van der Waals surface area contributed by atoms with Gasteiger partial charge in [0, 0.05) is 50.5 Å². The number of hydrogen-bond donors (Lipinski definition) is 2. The number of amides is 2. The number of carbonyl (C=O) groups is 1. The molecule has 2 fully saturated rings. The number of rotatable bonds is 7. The highest BCUT2D eigenvalue weighted by Gasteiger charge is 2.24. The molecule has 0 unspecified atom stereocenters. The molecule has 28 heavy (non-hydrogen) atoms. The second kappa shape index (κ2) is 10.0. The Morgan fingerprint density at radius 3 is 2.79 bits per heavy atom. The molecule has 0 bridgehead atoms. The van der Waals surface area contributed by atoms with Crippen molar-refractivity contribution in [2.75, 3.05) is 44.2 Å². The molecule has 3 rings (SSSR count). The first-order valence-corrected chi connectivity index (χ1v) is 10.5. The molecule has 0 spiro atoms. The molecule has 2 amide bonds. The summed E-state index contributed by atoms with van der Waals surface area (Å²) in [5, 5.41) is 5.88. The van der Waals surface area contributed by atoms with Gasteiger partial charge < -0.3 is 20.4 Å². The van der Waals surface area contributed by atoms with Crippen LogP contribution in [0.4, 0.5) is 19.3 Å². The van der Waals surface area contributed by atoms with Crippen LogP contribution in [0.15, 0.2) is 18.2 Å². The Morgan fingerprint density at radius 2 is 2.00 bits per heavy atom. The second-order valence-corrected chi connectivity index (χ2v) is 8.07. The zero-order valence-corrected chi connectivity index (χ0v) is 16.7. The lowest BCUT2D eigenvalue weighted by atomic mass is 10.0. The van der Waals surface area contributed by atoms with Crippen molar-refractivity contribution < 1.29 is 13.6 Å². The number of hydrogen-bond acceptors (Lipinski definition) is 3. The Bertz CT molecular complexity index is 657. The minimum atomic E-state index is -0.826. The predicted octanol–water partition coefficient (Wildman–Crippen LogP) is 3.35. The molecular weight excluding hydrogens is 362 g/mol. The van der Waals surface area contributed by atoms with E-state index < -0.39 is 11.6 Å². The van der Waals surface area contributed by atoms with Crippen LogP contribution in [-0.4, -0.2) is 56.2 Å². The lowest BCUT2D eigenvalue weighted by molar-refractivity contribution is 0.159. The fourth-order valence-electron chi connectivity index (χ4n) is 4.19. The van der Waals surface area contributed by atoms with Gasteiger partial charge in [-0.3, -0.25) is 0 Å². The van der Waals surface area contributed by atoms with Gasteiger partial charge >= 0.3 is 6.03 Å². The number of anilines is 1. The number of piperidine rings is 1. The standard InChI is InChI=1S/C21H32F2N4O/c1-16-5-2-3-10-26(16)11-4-9-24-21(28)25-14-17-8-12-27(15-17)18-6-7-19(22)20(23)13-18/h6-7,13,16-17H,2-5,8-12,14-15H2,1H3,(H2,24,25,28)/t16-,17-/m0/s1. The minimum absolute atomic E-state index is 0.127. The Morgan fingerprint density at radius 1 is 1.14 bits per heavy atom. The summed E-state index contributed by atoms with van der Waals surface area (Å²) in [6.07, 6.45) is 5.77. The number of nitrogens with zero attached hydrogens (tertiary/aromatic N) is 2. The molecule has 1 aromatic carbocycles. The first kappa shape index (κ1) is 20.8. The van der Waals surface area contributed by atoms with E-state index >= 15 is 0 Å². The fourth-order valence-corrected chi connectivity index (χ4v) is 4.19. The predicted molar refractivity (Wildman–Crippen MR) is 108 cm³/mol. The summed E-state index contributed by atoms with van der Waals surface area (Å²) in [7, 11) is 0. The summed E-state index contributed by atoms with van der Waals surface area (Å²) in [6.45, 7) is 7.28. The molecule has 2 aliphatic rings. The number of urea groups is 1. The van der Waals surface area contributed by atoms with Crippen LogP contribution in [0.2, 0.25) is 0 Å². The van der Waals surface area contributed by atoms with Gasteiger partial charge in [-0.25, -0.2) is 13.6 Å². The minimum Gasteiger partial charge on any atom is -0.371 e. The molecule has 1 aromatic rings. The van der Waals surface area contributed by atoms with Crippen molar-refractivity contribution in [3.63, 3.8) is 0 Å². The highest BCUT2D eigenvalue weighted by atomic mass is 19.2. The average molecular weight is 395 g/mol. The van der Waals surface area contributed by atoms with Crippen LogP contribution >= 0.6 is 0 Å². The molecule has 7 heteroatoms. The van der Waals surface area contributed by atoms with E-state index in [1.807, 2.05) is 4.90 Å². The van der Waals surface area contributed by atoms with Crippen LogP contribution in [-0.2, 0) is 0 Å². The van der Waals surface area contributed by atoms with E-state index in [0.717, 1.165) is 38.5 Å². The average Bonchev–Trinajstić information content (AvgIpc) is 3.16. The van der Waals surface area contributed by atoms with Crippen LogP contribution in [0.3, 0.4) is 0 Å². The number of likely N-dealkylation sites (tertiary alicyclic amines) is 1. The molecule has 0 radical (unpaired) electrons. The Kier molecular flexibility index (Phi) is 7.48. The van der Waals surface area contributed by atoms with Crippen LogP contribution in [0, 0.1) is 17.6 Å². The van der Waals surface area contributed by atoms with Gasteiger partial charge in [0.15, 0.2) is 11.6 Å². The van der Waals surface area contributed by atoms with Gasteiger partial charge in [-0.05, 0) is 57.2 Å². The summed E-state index contributed by atoms with van der Waals surface area (Å²) in [5.74, 6) is -1.34. The van der Waals surface area contributed by atoms with Crippen LogP contribution in [0.5, 0.6) is 0 Å². The molecule has 2 heterocycles. The number of benzene rings is 1.